The van der Waals surface area contributed by atoms with Gasteiger partial charge in [0.05, 0.1) is 29.4 Å². The zero-order valence-corrected chi connectivity index (χ0v) is 14.5. The molecule has 2 aromatic rings. The number of rotatable bonds is 3. The van der Waals surface area contributed by atoms with E-state index in [-0.39, 0.29) is 17.6 Å². The molecule has 1 N–H and O–H groups in total. The van der Waals surface area contributed by atoms with Crippen LogP contribution in [-0.4, -0.2) is 42.0 Å². The lowest BCUT2D eigenvalue weighted by atomic mass is 9.58. The van der Waals surface area contributed by atoms with Crippen LogP contribution in [0.2, 0.25) is 0 Å². The minimum atomic E-state index is -0.259. The summed E-state index contributed by atoms with van der Waals surface area (Å²) in [4.78, 5) is 6.98. The van der Waals surface area contributed by atoms with E-state index in [1.54, 1.807) is 0 Å². The van der Waals surface area contributed by atoms with Crippen molar-refractivity contribution in [1.29, 1.82) is 5.26 Å². The molecule has 1 spiro atoms. The molecule has 1 aliphatic heterocycles. The van der Waals surface area contributed by atoms with Gasteiger partial charge in [-0.1, -0.05) is 18.2 Å². The largest absolute Gasteiger partial charge is 0.392 e. The Labute approximate surface area is 147 Å². The third kappa shape index (κ3) is 2.57. The van der Waals surface area contributed by atoms with Gasteiger partial charge >= 0.3 is 0 Å². The monoisotopic (exact) mass is 337 g/mol. The molecule has 1 saturated carbocycles. The van der Waals surface area contributed by atoms with Gasteiger partial charge in [-0.25, -0.2) is 4.98 Å². The molecule has 1 aliphatic carbocycles. The fourth-order valence-electron chi connectivity index (χ4n) is 4.38. The molecule has 2 heterocycles. The molecule has 1 aromatic heterocycles. The quantitative estimate of drug-likeness (QED) is 0.933. The molecule has 0 amide bonds. The Morgan fingerprint density at radius 1 is 1.36 bits per heavy atom. The van der Waals surface area contributed by atoms with Crippen molar-refractivity contribution in [2.75, 3.05) is 24.6 Å². The number of hydrogen-bond donors (Lipinski definition) is 1. The van der Waals surface area contributed by atoms with E-state index in [1.165, 1.54) is 0 Å². The summed E-state index contributed by atoms with van der Waals surface area (Å²) >= 11 is 0. The topological polar surface area (TPSA) is 69.4 Å². The number of ether oxygens (including phenoxy) is 1. The van der Waals surface area contributed by atoms with E-state index >= 15 is 0 Å². The third-order valence-electron chi connectivity index (χ3n) is 5.95. The number of nitriles is 1. The van der Waals surface area contributed by atoms with Gasteiger partial charge in [0, 0.05) is 36.9 Å². The van der Waals surface area contributed by atoms with Crippen LogP contribution >= 0.6 is 0 Å². The van der Waals surface area contributed by atoms with E-state index in [2.05, 4.69) is 11.0 Å². The summed E-state index contributed by atoms with van der Waals surface area (Å²) < 4.78 is 5.84. The smallest absolute Gasteiger partial charge is 0.130 e. The van der Waals surface area contributed by atoms with E-state index in [0.29, 0.717) is 12.2 Å². The number of fused-ring (bicyclic) bond motifs is 1. The predicted octanol–water partition coefficient (Wildman–Crippen LogP) is 2.86. The Hall–Kier alpha value is -2.16. The fraction of sp³-hybridized carbons (Fsp3) is 0.500. The number of piperidine rings is 1. The van der Waals surface area contributed by atoms with Gasteiger partial charge in [-0.2, -0.15) is 5.26 Å². The van der Waals surface area contributed by atoms with Gasteiger partial charge in [0.2, 0.25) is 0 Å². The molecule has 2 atom stereocenters. The van der Waals surface area contributed by atoms with Crippen molar-refractivity contribution in [2.45, 2.75) is 38.4 Å². The molecule has 0 bridgehead atoms. The second kappa shape index (κ2) is 6.29. The van der Waals surface area contributed by atoms with Crippen molar-refractivity contribution in [3.63, 3.8) is 0 Å². The third-order valence-corrected chi connectivity index (χ3v) is 5.95. The van der Waals surface area contributed by atoms with Gasteiger partial charge in [0.15, 0.2) is 0 Å². The normalized spacial score (nSPS) is 24.9. The highest BCUT2D eigenvalue weighted by molar-refractivity contribution is 5.86. The van der Waals surface area contributed by atoms with Crippen molar-refractivity contribution in [3.8, 4) is 6.07 Å². The Morgan fingerprint density at radius 2 is 2.12 bits per heavy atom. The van der Waals surface area contributed by atoms with Crippen LogP contribution in [-0.2, 0) is 4.74 Å². The molecule has 130 valence electrons. The summed E-state index contributed by atoms with van der Waals surface area (Å²) in [5, 5.41) is 20.7. The summed E-state index contributed by atoms with van der Waals surface area (Å²) in [7, 11) is 0. The second-order valence-corrected chi connectivity index (χ2v) is 7.07. The molecule has 2 aliphatic rings. The summed E-state index contributed by atoms with van der Waals surface area (Å²) in [5.74, 6) is 0.854. The first-order chi connectivity index (χ1) is 12.2. The van der Waals surface area contributed by atoms with E-state index in [4.69, 9.17) is 9.72 Å². The predicted molar refractivity (Wildman–Crippen MR) is 96.4 cm³/mol. The van der Waals surface area contributed by atoms with Crippen LogP contribution in [0, 0.1) is 16.7 Å². The van der Waals surface area contributed by atoms with E-state index in [1.807, 2.05) is 37.3 Å². The molecule has 0 radical (unpaired) electrons. The fourth-order valence-corrected chi connectivity index (χ4v) is 4.38. The average molecular weight is 337 g/mol. The number of nitrogens with zero attached hydrogens (tertiary/aromatic N) is 3. The van der Waals surface area contributed by atoms with Crippen LogP contribution < -0.4 is 4.90 Å². The molecule has 0 unspecified atom stereocenters. The van der Waals surface area contributed by atoms with Crippen LogP contribution in [0.5, 0.6) is 0 Å². The minimum absolute atomic E-state index is 0.0958. The molecule has 4 rings (SSSR count). The Kier molecular flexibility index (Phi) is 4.10. The Morgan fingerprint density at radius 3 is 2.80 bits per heavy atom. The van der Waals surface area contributed by atoms with E-state index in [0.717, 1.165) is 49.1 Å². The number of pyridine rings is 1. The van der Waals surface area contributed by atoms with Crippen molar-refractivity contribution in [3.05, 3.63) is 35.9 Å². The highest BCUT2D eigenvalue weighted by Crippen LogP contribution is 2.51. The molecule has 2 fully saturated rings. The molecular formula is C20H23N3O2. The van der Waals surface area contributed by atoms with Crippen LogP contribution in [0.3, 0.4) is 0 Å². The number of para-hydroxylation sites is 1. The van der Waals surface area contributed by atoms with Crippen molar-refractivity contribution in [1.82, 2.24) is 4.98 Å². The van der Waals surface area contributed by atoms with E-state index < -0.39 is 0 Å². The zero-order chi connectivity index (χ0) is 17.4. The minimum Gasteiger partial charge on any atom is -0.392 e. The number of anilines is 1. The first-order valence-corrected chi connectivity index (χ1v) is 9.02. The lowest BCUT2D eigenvalue weighted by Gasteiger charge is -2.56. The molecule has 5 heteroatoms. The van der Waals surface area contributed by atoms with Gasteiger partial charge in [-0.05, 0) is 31.9 Å². The molecule has 1 aromatic carbocycles. The van der Waals surface area contributed by atoms with Crippen molar-refractivity contribution < 1.29 is 9.84 Å². The standard InChI is InChI=1S/C20H23N3O2/c1-2-25-18-12-17(24)20(18)7-9-23(10-8-20)19-11-14(13-21)15-5-3-4-6-16(15)22-19/h3-6,11,17-18,24H,2,7-10,12H2,1H3/t17-,18+/m0/s1. The molecule has 1 saturated heterocycles. The van der Waals surface area contributed by atoms with Gasteiger partial charge in [0.1, 0.15) is 5.82 Å². The number of benzene rings is 1. The maximum Gasteiger partial charge on any atom is 0.130 e. The summed E-state index contributed by atoms with van der Waals surface area (Å²) in [6, 6.07) is 11.9. The van der Waals surface area contributed by atoms with Crippen LogP contribution in [0.15, 0.2) is 30.3 Å². The number of hydrogen-bond acceptors (Lipinski definition) is 5. The summed E-state index contributed by atoms with van der Waals surface area (Å²) in [5.41, 5.74) is 1.42. The maximum atomic E-state index is 10.3. The number of aliphatic hydroxyl groups excluding tert-OH is 1. The Balaban J connectivity index is 1.57. The first kappa shape index (κ1) is 16.3. The van der Waals surface area contributed by atoms with Crippen molar-refractivity contribution >= 4 is 16.7 Å². The number of aliphatic hydroxyl groups is 1. The van der Waals surface area contributed by atoms with Crippen LogP contribution in [0.1, 0.15) is 31.7 Å². The molecule has 25 heavy (non-hydrogen) atoms. The second-order valence-electron chi connectivity index (χ2n) is 7.07. The van der Waals surface area contributed by atoms with Crippen molar-refractivity contribution in [2.24, 2.45) is 5.41 Å². The van der Waals surface area contributed by atoms with Gasteiger partial charge in [-0.3, -0.25) is 0 Å². The average Bonchev–Trinajstić information content (AvgIpc) is 2.67. The zero-order valence-electron chi connectivity index (χ0n) is 14.5. The number of aromatic nitrogens is 1. The van der Waals surface area contributed by atoms with Gasteiger partial charge in [-0.15, -0.1) is 0 Å². The summed E-state index contributed by atoms with van der Waals surface area (Å²) in [6.45, 7) is 4.37. The van der Waals surface area contributed by atoms with Crippen LogP contribution in [0.4, 0.5) is 5.82 Å². The highest BCUT2D eigenvalue weighted by atomic mass is 16.5. The molecular weight excluding hydrogens is 314 g/mol. The first-order valence-electron chi connectivity index (χ1n) is 9.02. The summed E-state index contributed by atoms with van der Waals surface area (Å²) in [6.07, 6.45) is 2.46. The highest BCUT2D eigenvalue weighted by Gasteiger charge is 2.56. The lowest BCUT2D eigenvalue weighted by molar-refractivity contribution is -0.199. The SMILES string of the molecule is CCO[C@@H]1C[C@H](O)C12CCN(c1cc(C#N)c3ccccc3n1)CC2. The molecule has 5 nitrogen and oxygen atoms in total. The van der Waals surface area contributed by atoms with Gasteiger partial charge in [0.25, 0.3) is 0 Å². The van der Waals surface area contributed by atoms with Gasteiger partial charge < -0.3 is 14.7 Å². The lowest BCUT2D eigenvalue weighted by Crippen LogP contribution is -2.62. The Bertz CT molecular complexity index is 819. The van der Waals surface area contributed by atoms with E-state index in [9.17, 15) is 10.4 Å². The van der Waals surface area contributed by atoms with Crippen LogP contribution in [0.25, 0.3) is 10.9 Å². The maximum absolute atomic E-state index is 10.3.